The normalized spacial score (nSPS) is 10.8. The van der Waals surface area contributed by atoms with Crippen LogP contribution in [0.15, 0.2) is 18.2 Å². The Hall–Kier alpha value is -1.42. The van der Waals surface area contributed by atoms with Crippen LogP contribution in [-0.4, -0.2) is 37.5 Å². The molecule has 0 aliphatic carbocycles. The quantitative estimate of drug-likeness (QED) is 0.769. The second-order valence-corrected chi connectivity index (χ2v) is 4.90. The molecule has 0 spiro atoms. The van der Waals surface area contributed by atoms with Crippen molar-refractivity contribution in [2.75, 3.05) is 26.7 Å². The molecule has 0 aliphatic heterocycles. The van der Waals surface area contributed by atoms with Crippen molar-refractivity contribution in [3.8, 4) is 0 Å². The molecule has 0 fully saturated rings. The van der Waals surface area contributed by atoms with Crippen molar-refractivity contribution in [3.05, 3.63) is 35.1 Å². The molecule has 0 saturated carbocycles. The largest absolute Gasteiger partial charge is 0.352 e. The third kappa shape index (κ3) is 5.39. The summed E-state index contributed by atoms with van der Waals surface area (Å²) in [6.45, 7) is 6.50. The van der Waals surface area contributed by atoms with Crippen molar-refractivity contribution < 1.29 is 9.18 Å². The molecule has 1 aromatic rings. The molecule has 19 heavy (non-hydrogen) atoms. The molecular weight excluding hydrogens is 243 g/mol. The van der Waals surface area contributed by atoms with Crippen LogP contribution < -0.4 is 5.32 Å². The van der Waals surface area contributed by atoms with Gasteiger partial charge in [0.1, 0.15) is 5.82 Å². The second kappa shape index (κ2) is 7.89. The molecule has 0 heterocycles. The van der Waals surface area contributed by atoms with E-state index >= 15 is 0 Å². The van der Waals surface area contributed by atoms with Crippen molar-refractivity contribution in [2.45, 2.75) is 26.7 Å². The van der Waals surface area contributed by atoms with E-state index in [1.54, 1.807) is 13.0 Å². The predicted molar refractivity (Wildman–Crippen MR) is 75.9 cm³/mol. The third-order valence-corrected chi connectivity index (χ3v) is 2.98. The topological polar surface area (TPSA) is 32.3 Å². The van der Waals surface area contributed by atoms with Gasteiger partial charge in [-0.05, 0) is 57.6 Å². The van der Waals surface area contributed by atoms with E-state index in [2.05, 4.69) is 24.2 Å². The van der Waals surface area contributed by atoms with Gasteiger partial charge < -0.3 is 10.2 Å². The molecule has 0 bridgehead atoms. The molecule has 1 amide bonds. The molecule has 1 N–H and O–H groups in total. The Balaban J connectivity index is 2.35. The zero-order chi connectivity index (χ0) is 14.3. The Morgan fingerprint density at radius 2 is 2.11 bits per heavy atom. The zero-order valence-electron chi connectivity index (χ0n) is 12.0. The molecule has 0 radical (unpaired) electrons. The fraction of sp³-hybridized carbons (Fsp3) is 0.533. The number of nitrogens with zero attached hydrogens (tertiary/aromatic N) is 1. The lowest BCUT2D eigenvalue weighted by atomic mass is 10.1. The van der Waals surface area contributed by atoms with Gasteiger partial charge in [0.25, 0.3) is 5.91 Å². The van der Waals surface area contributed by atoms with Crippen LogP contribution in [0.5, 0.6) is 0 Å². The van der Waals surface area contributed by atoms with Crippen LogP contribution in [0.4, 0.5) is 4.39 Å². The molecule has 0 atom stereocenters. The van der Waals surface area contributed by atoms with Crippen LogP contribution in [0.2, 0.25) is 0 Å². The Morgan fingerprint density at radius 1 is 1.37 bits per heavy atom. The SMILES string of the molecule is CCCN(C)CCCNC(=O)c1ccc(C)cc1F. The van der Waals surface area contributed by atoms with Crippen molar-refractivity contribution in [1.29, 1.82) is 0 Å². The molecule has 0 aromatic heterocycles. The van der Waals surface area contributed by atoms with E-state index in [4.69, 9.17) is 0 Å². The van der Waals surface area contributed by atoms with Crippen LogP contribution >= 0.6 is 0 Å². The van der Waals surface area contributed by atoms with E-state index in [0.717, 1.165) is 31.5 Å². The van der Waals surface area contributed by atoms with Gasteiger partial charge in [-0.15, -0.1) is 0 Å². The first-order valence-electron chi connectivity index (χ1n) is 6.77. The van der Waals surface area contributed by atoms with Gasteiger partial charge in [-0.25, -0.2) is 4.39 Å². The van der Waals surface area contributed by atoms with Crippen LogP contribution in [0.25, 0.3) is 0 Å². The smallest absolute Gasteiger partial charge is 0.254 e. The number of hydrogen-bond acceptors (Lipinski definition) is 2. The molecule has 4 heteroatoms. The number of halogens is 1. The maximum Gasteiger partial charge on any atom is 0.254 e. The predicted octanol–water partition coefficient (Wildman–Crippen LogP) is 2.60. The zero-order valence-corrected chi connectivity index (χ0v) is 12.0. The van der Waals surface area contributed by atoms with Gasteiger partial charge >= 0.3 is 0 Å². The molecular formula is C15H23FN2O. The van der Waals surface area contributed by atoms with Gasteiger partial charge in [0, 0.05) is 6.54 Å². The average molecular weight is 266 g/mol. The number of carbonyl (C=O) groups excluding carboxylic acids is 1. The van der Waals surface area contributed by atoms with E-state index in [1.165, 1.54) is 12.1 Å². The molecule has 3 nitrogen and oxygen atoms in total. The Bertz CT molecular complexity index is 421. The maximum atomic E-state index is 13.6. The molecule has 1 aromatic carbocycles. The van der Waals surface area contributed by atoms with Gasteiger partial charge in [-0.2, -0.15) is 0 Å². The van der Waals surface area contributed by atoms with Crippen LogP contribution in [0.3, 0.4) is 0 Å². The van der Waals surface area contributed by atoms with Gasteiger partial charge in [0.15, 0.2) is 0 Å². The van der Waals surface area contributed by atoms with Gasteiger partial charge in [0.05, 0.1) is 5.56 Å². The number of carbonyl (C=O) groups is 1. The first-order valence-corrected chi connectivity index (χ1v) is 6.77. The number of benzene rings is 1. The van der Waals surface area contributed by atoms with Crippen LogP contribution in [-0.2, 0) is 0 Å². The van der Waals surface area contributed by atoms with Gasteiger partial charge in [-0.1, -0.05) is 13.0 Å². The number of aryl methyl sites for hydroxylation is 1. The van der Waals surface area contributed by atoms with E-state index in [9.17, 15) is 9.18 Å². The highest BCUT2D eigenvalue weighted by Gasteiger charge is 2.10. The van der Waals surface area contributed by atoms with Crippen LogP contribution in [0.1, 0.15) is 35.7 Å². The summed E-state index contributed by atoms with van der Waals surface area (Å²) in [5.74, 6) is -0.795. The highest BCUT2D eigenvalue weighted by atomic mass is 19.1. The summed E-state index contributed by atoms with van der Waals surface area (Å²) in [5, 5.41) is 2.75. The lowest BCUT2D eigenvalue weighted by Crippen LogP contribution is -2.29. The van der Waals surface area contributed by atoms with Crippen molar-refractivity contribution in [3.63, 3.8) is 0 Å². The Kier molecular flexibility index (Phi) is 6.50. The molecule has 1 rings (SSSR count). The van der Waals surface area contributed by atoms with Gasteiger partial charge in [-0.3, -0.25) is 4.79 Å². The summed E-state index contributed by atoms with van der Waals surface area (Å²) in [6, 6.07) is 4.65. The molecule has 0 aliphatic rings. The second-order valence-electron chi connectivity index (χ2n) is 4.90. The Labute approximate surface area is 114 Å². The average Bonchev–Trinajstić information content (AvgIpc) is 2.34. The van der Waals surface area contributed by atoms with E-state index in [-0.39, 0.29) is 11.5 Å². The van der Waals surface area contributed by atoms with Gasteiger partial charge in [0.2, 0.25) is 0 Å². The number of hydrogen-bond donors (Lipinski definition) is 1. The summed E-state index contributed by atoms with van der Waals surface area (Å²) in [4.78, 5) is 14.0. The summed E-state index contributed by atoms with van der Waals surface area (Å²) in [5.41, 5.74) is 0.933. The number of rotatable bonds is 7. The highest BCUT2D eigenvalue weighted by Crippen LogP contribution is 2.09. The van der Waals surface area contributed by atoms with Crippen molar-refractivity contribution in [2.24, 2.45) is 0 Å². The standard InChI is InChI=1S/C15H23FN2O/c1-4-9-18(3)10-5-8-17-15(19)13-7-6-12(2)11-14(13)16/h6-7,11H,4-5,8-10H2,1-3H3,(H,17,19). The number of nitrogens with one attached hydrogen (secondary N) is 1. The maximum absolute atomic E-state index is 13.6. The minimum Gasteiger partial charge on any atom is -0.352 e. The monoisotopic (exact) mass is 266 g/mol. The minimum absolute atomic E-state index is 0.118. The first kappa shape index (κ1) is 15.6. The summed E-state index contributed by atoms with van der Waals surface area (Å²) >= 11 is 0. The minimum atomic E-state index is -0.458. The molecule has 0 unspecified atom stereocenters. The van der Waals surface area contributed by atoms with E-state index in [0.29, 0.717) is 6.54 Å². The van der Waals surface area contributed by atoms with E-state index < -0.39 is 5.82 Å². The highest BCUT2D eigenvalue weighted by molar-refractivity contribution is 5.94. The number of amides is 1. The Morgan fingerprint density at radius 3 is 2.74 bits per heavy atom. The summed E-state index contributed by atoms with van der Waals surface area (Å²) in [6.07, 6.45) is 1.99. The summed E-state index contributed by atoms with van der Waals surface area (Å²) in [7, 11) is 2.06. The summed E-state index contributed by atoms with van der Waals surface area (Å²) < 4.78 is 13.6. The molecule has 106 valence electrons. The van der Waals surface area contributed by atoms with Crippen molar-refractivity contribution >= 4 is 5.91 Å². The third-order valence-electron chi connectivity index (χ3n) is 2.98. The lowest BCUT2D eigenvalue weighted by molar-refractivity contribution is 0.0948. The lowest BCUT2D eigenvalue weighted by Gasteiger charge is -2.15. The fourth-order valence-corrected chi connectivity index (χ4v) is 1.94. The van der Waals surface area contributed by atoms with E-state index in [1.807, 2.05) is 0 Å². The fourth-order valence-electron chi connectivity index (χ4n) is 1.94. The first-order chi connectivity index (χ1) is 9.04. The molecule has 0 saturated heterocycles. The van der Waals surface area contributed by atoms with Crippen molar-refractivity contribution in [1.82, 2.24) is 10.2 Å². The van der Waals surface area contributed by atoms with Crippen LogP contribution in [0, 0.1) is 12.7 Å².